The van der Waals surface area contributed by atoms with Crippen LogP contribution in [-0.4, -0.2) is 64.8 Å². The number of aliphatic hydroxyl groups excluding tert-OH is 2. The number of ether oxygens (including phenoxy) is 2. The van der Waals surface area contributed by atoms with E-state index in [1.165, 1.54) is 6.92 Å². The number of Topliss-reactive ketones (excluding diaryl/α,β-unsaturated/α-hetero) is 1. The van der Waals surface area contributed by atoms with E-state index in [1.54, 1.807) is 6.07 Å². The van der Waals surface area contributed by atoms with E-state index >= 15 is 0 Å². The molecule has 3 aromatic carbocycles. The molecule has 228 valence electrons. The van der Waals surface area contributed by atoms with Crippen molar-refractivity contribution in [3.63, 3.8) is 0 Å². The van der Waals surface area contributed by atoms with Crippen LogP contribution in [0.15, 0.2) is 78.9 Å². The third kappa shape index (κ3) is 8.28. The zero-order valence-electron chi connectivity index (χ0n) is 24.5. The van der Waals surface area contributed by atoms with Gasteiger partial charge in [-0.25, -0.2) is 4.79 Å². The monoisotopic (exact) mass is 587 g/mol. The predicted molar refractivity (Wildman–Crippen MR) is 163 cm³/mol. The van der Waals surface area contributed by atoms with Crippen molar-refractivity contribution in [3.8, 4) is 0 Å². The second-order valence-corrected chi connectivity index (χ2v) is 11.4. The number of carbonyl (C=O) groups excluding carboxylic acids is 2. The minimum Gasteiger partial charge on any atom is -0.395 e. The number of nitrogens with one attached hydrogen (secondary N) is 2. The molecule has 5 atom stereocenters. The lowest BCUT2D eigenvalue weighted by molar-refractivity contribution is -0.253. The molecule has 0 aromatic heterocycles. The zero-order chi connectivity index (χ0) is 30.2. The summed E-state index contributed by atoms with van der Waals surface area (Å²) >= 11 is 0. The highest BCUT2D eigenvalue weighted by molar-refractivity contribution is 5.93. The van der Waals surface area contributed by atoms with Crippen LogP contribution < -0.4 is 10.6 Å². The molecule has 4 N–H and O–H groups in total. The van der Waals surface area contributed by atoms with Crippen molar-refractivity contribution in [3.05, 3.63) is 101 Å². The number of rotatable bonds is 11. The van der Waals surface area contributed by atoms with Gasteiger partial charge in [0.05, 0.1) is 31.5 Å². The van der Waals surface area contributed by atoms with Crippen LogP contribution in [0.1, 0.15) is 60.8 Å². The van der Waals surface area contributed by atoms with E-state index in [9.17, 15) is 19.8 Å². The molecule has 0 radical (unpaired) electrons. The van der Waals surface area contributed by atoms with Gasteiger partial charge >= 0.3 is 6.03 Å². The average Bonchev–Trinajstić information content (AvgIpc) is 3.48. The van der Waals surface area contributed by atoms with Crippen molar-refractivity contribution >= 4 is 17.5 Å². The quantitative estimate of drug-likeness (QED) is 0.261. The predicted octanol–water partition coefficient (Wildman–Crippen LogP) is 4.50. The lowest BCUT2D eigenvalue weighted by atomic mass is 9.99. The second-order valence-electron chi connectivity index (χ2n) is 11.4. The summed E-state index contributed by atoms with van der Waals surface area (Å²) in [6.45, 7) is 3.19. The number of nitrogens with zero attached hydrogens (tertiary/aromatic N) is 1. The van der Waals surface area contributed by atoms with Crippen LogP contribution in [0.25, 0.3) is 0 Å². The Hall–Kier alpha value is -3.60. The molecule has 43 heavy (non-hydrogen) atoms. The van der Waals surface area contributed by atoms with Crippen LogP contribution in [0, 0.1) is 0 Å². The summed E-state index contributed by atoms with van der Waals surface area (Å²) in [7, 11) is 0. The first kappa shape index (κ1) is 30.8. The van der Waals surface area contributed by atoms with Gasteiger partial charge in [-0.2, -0.15) is 0 Å². The highest BCUT2D eigenvalue weighted by Crippen LogP contribution is 2.39. The van der Waals surface area contributed by atoms with E-state index in [-0.39, 0.29) is 37.2 Å². The molecular weight excluding hydrogens is 546 g/mol. The lowest BCUT2D eigenvalue weighted by Crippen LogP contribution is -2.43. The van der Waals surface area contributed by atoms with E-state index in [4.69, 9.17) is 9.47 Å². The SMILES string of the molecule is CC(=O)[C@@H](Cc1ccccc1)NC(=O)Nc1cccc(C2O[C@H](CN3CCC[C@H]3CO)C[C@H](c3ccc(CO)cc3)O2)c1. The Morgan fingerprint density at radius 1 is 0.953 bits per heavy atom. The first-order chi connectivity index (χ1) is 20.9. The van der Waals surface area contributed by atoms with Gasteiger partial charge in [0.1, 0.15) is 0 Å². The summed E-state index contributed by atoms with van der Waals surface area (Å²) in [5.74, 6) is -0.123. The van der Waals surface area contributed by atoms with Gasteiger partial charge in [0.2, 0.25) is 0 Å². The molecule has 2 aliphatic heterocycles. The van der Waals surface area contributed by atoms with Gasteiger partial charge in [-0.05, 0) is 61.6 Å². The molecule has 0 bridgehead atoms. The Labute approximate surface area is 252 Å². The van der Waals surface area contributed by atoms with Crippen LogP contribution >= 0.6 is 0 Å². The lowest BCUT2D eigenvalue weighted by Gasteiger charge is -2.38. The number of amides is 2. The third-order valence-electron chi connectivity index (χ3n) is 8.26. The topological polar surface area (TPSA) is 120 Å². The van der Waals surface area contributed by atoms with Gasteiger partial charge in [-0.1, -0.05) is 66.7 Å². The molecule has 9 heteroatoms. The molecule has 2 heterocycles. The van der Waals surface area contributed by atoms with Gasteiger partial charge in [0, 0.05) is 30.3 Å². The van der Waals surface area contributed by atoms with Crippen molar-refractivity contribution in [1.82, 2.24) is 10.2 Å². The maximum Gasteiger partial charge on any atom is 0.319 e. The van der Waals surface area contributed by atoms with Crippen LogP contribution in [0.4, 0.5) is 10.5 Å². The fraction of sp³-hybridized carbons (Fsp3) is 0.412. The number of benzene rings is 3. The largest absolute Gasteiger partial charge is 0.395 e. The Morgan fingerprint density at radius 3 is 2.47 bits per heavy atom. The molecule has 0 spiro atoms. The van der Waals surface area contributed by atoms with Gasteiger partial charge < -0.3 is 30.3 Å². The number of urea groups is 1. The highest BCUT2D eigenvalue weighted by Gasteiger charge is 2.35. The van der Waals surface area contributed by atoms with E-state index in [0.717, 1.165) is 41.6 Å². The van der Waals surface area contributed by atoms with E-state index in [0.29, 0.717) is 25.1 Å². The number of hydrogen-bond donors (Lipinski definition) is 4. The molecular formula is C34H41N3O6. The zero-order valence-corrected chi connectivity index (χ0v) is 24.5. The summed E-state index contributed by atoms with van der Waals surface area (Å²) in [6, 6.07) is 23.7. The molecule has 1 unspecified atom stereocenters. The number of ketones is 1. The van der Waals surface area contributed by atoms with Crippen LogP contribution in [-0.2, 0) is 27.3 Å². The maximum absolute atomic E-state index is 12.9. The summed E-state index contributed by atoms with van der Waals surface area (Å²) in [4.78, 5) is 27.5. The smallest absolute Gasteiger partial charge is 0.319 e. The van der Waals surface area contributed by atoms with Crippen molar-refractivity contribution in [1.29, 1.82) is 0 Å². The molecule has 0 aliphatic carbocycles. The van der Waals surface area contributed by atoms with Crippen LogP contribution in [0.5, 0.6) is 0 Å². The number of hydrogen-bond acceptors (Lipinski definition) is 7. The van der Waals surface area contributed by atoms with Gasteiger partial charge in [-0.3, -0.25) is 9.69 Å². The van der Waals surface area contributed by atoms with E-state index < -0.39 is 18.4 Å². The fourth-order valence-corrected chi connectivity index (χ4v) is 5.87. The van der Waals surface area contributed by atoms with Crippen molar-refractivity contribution in [2.24, 2.45) is 0 Å². The Balaban J connectivity index is 1.29. The van der Waals surface area contributed by atoms with Gasteiger partial charge in [0.25, 0.3) is 0 Å². The molecule has 2 amide bonds. The molecule has 2 aliphatic rings. The normalized spacial score (nSPS) is 23.0. The van der Waals surface area contributed by atoms with Crippen molar-refractivity contribution in [2.75, 3.05) is 25.0 Å². The van der Waals surface area contributed by atoms with Crippen molar-refractivity contribution < 1.29 is 29.3 Å². The number of anilines is 1. The molecule has 9 nitrogen and oxygen atoms in total. The third-order valence-corrected chi connectivity index (χ3v) is 8.26. The molecule has 2 fully saturated rings. The number of carbonyl (C=O) groups is 2. The van der Waals surface area contributed by atoms with Gasteiger partial charge in [-0.15, -0.1) is 0 Å². The number of aliphatic hydroxyl groups is 2. The average molecular weight is 588 g/mol. The standard InChI is InChI=1S/C34H41N3O6/c1-23(40)31(17-24-7-3-2-4-8-24)36-34(41)35-28-10-5-9-27(18-28)33-42-30(20-37-16-6-11-29(37)22-39)19-32(43-33)26-14-12-25(21-38)13-15-26/h2-5,7-10,12-15,18,29-33,38-39H,6,11,16-17,19-22H2,1H3,(H2,35,36,41)/t29-,30-,31+,32+,33?/m0/s1. The molecule has 0 saturated carbocycles. The second kappa shape index (κ2) is 14.7. The fourth-order valence-electron chi connectivity index (χ4n) is 5.87. The maximum atomic E-state index is 12.9. The highest BCUT2D eigenvalue weighted by atomic mass is 16.7. The Bertz CT molecular complexity index is 1350. The minimum absolute atomic E-state index is 0.0234. The molecule has 5 rings (SSSR count). The van der Waals surface area contributed by atoms with Gasteiger partial charge in [0.15, 0.2) is 12.1 Å². The molecule has 3 aromatic rings. The first-order valence-corrected chi connectivity index (χ1v) is 15.0. The minimum atomic E-state index is -0.677. The Morgan fingerprint density at radius 2 is 1.74 bits per heavy atom. The van der Waals surface area contributed by atoms with E-state index in [2.05, 4.69) is 15.5 Å². The summed E-state index contributed by atoms with van der Waals surface area (Å²) < 4.78 is 13.0. The summed E-state index contributed by atoms with van der Waals surface area (Å²) in [5.41, 5.74) is 4.10. The van der Waals surface area contributed by atoms with Crippen molar-refractivity contribution in [2.45, 2.75) is 69.8 Å². The van der Waals surface area contributed by atoms with E-state index in [1.807, 2.05) is 72.8 Å². The number of likely N-dealkylation sites (tertiary alicyclic amines) is 1. The first-order valence-electron chi connectivity index (χ1n) is 15.0. The molecule has 2 saturated heterocycles. The summed E-state index contributed by atoms with van der Waals surface area (Å²) in [5, 5.41) is 25.0. The van der Waals surface area contributed by atoms with Crippen LogP contribution in [0.3, 0.4) is 0 Å². The van der Waals surface area contributed by atoms with Crippen LogP contribution in [0.2, 0.25) is 0 Å². The summed E-state index contributed by atoms with van der Waals surface area (Å²) in [6.07, 6.45) is 2.03. The Kier molecular flexibility index (Phi) is 10.6.